The molecule has 0 bridgehead atoms. The van der Waals surface area contributed by atoms with Gasteiger partial charge in [-0.1, -0.05) is 72.3 Å². The highest BCUT2D eigenvalue weighted by molar-refractivity contribution is 6.30. The summed E-state index contributed by atoms with van der Waals surface area (Å²) >= 11 is 6.07. The van der Waals surface area contributed by atoms with Crippen molar-refractivity contribution in [1.82, 2.24) is 14.9 Å². The topological polar surface area (TPSA) is 60.1 Å². The lowest BCUT2D eigenvalue weighted by atomic mass is 10.0. The number of furan rings is 1. The summed E-state index contributed by atoms with van der Waals surface area (Å²) in [7, 11) is 1.97. The summed E-state index contributed by atoms with van der Waals surface area (Å²) in [6.45, 7) is 0. The first-order chi connectivity index (χ1) is 16.1. The van der Waals surface area contributed by atoms with Crippen LogP contribution in [-0.4, -0.2) is 15.5 Å². The monoisotopic (exact) mass is 455 g/mol. The smallest absolute Gasteiger partial charge is 0.287 e. The Balaban J connectivity index is 1.48. The van der Waals surface area contributed by atoms with Crippen molar-refractivity contribution in [2.24, 2.45) is 7.05 Å². The lowest BCUT2D eigenvalue weighted by Gasteiger charge is -2.19. The molecular formula is C27H22ClN3O2. The molecule has 33 heavy (non-hydrogen) atoms. The first-order valence-electron chi connectivity index (χ1n) is 10.7. The lowest BCUT2D eigenvalue weighted by molar-refractivity contribution is 0.0908. The minimum atomic E-state index is -0.366. The zero-order valence-corrected chi connectivity index (χ0v) is 18.8. The van der Waals surface area contributed by atoms with Crippen molar-refractivity contribution in [3.8, 4) is 11.3 Å². The van der Waals surface area contributed by atoms with Gasteiger partial charge >= 0.3 is 0 Å². The molecule has 0 aliphatic rings. The Kier molecular flexibility index (Phi) is 5.71. The molecular weight excluding hydrogens is 434 g/mol. The summed E-state index contributed by atoms with van der Waals surface area (Å²) in [6.07, 6.45) is 2.40. The number of imidazole rings is 1. The van der Waals surface area contributed by atoms with Gasteiger partial charge in [-0.05, 0) is 41.8 Å². The van der Waals surface area contributed by atoms with E-state index in [0.717, 1.165) is 28.0 Å². The second-order valence-electron chi connectivity index (χ2n) is 7.93. The van der Waals surface area contributed by atoms with Crippen LogP contribution < -0.4 is 5.32 Å². The van der Waals surface area contributed by atoms with Crippen molar-refractivity contribution in [2.45, 2.75) is 12.5 Å². The molecule has 0 spiro atoms. The number of rotatable bonds is 6. The molecule has 0 unspecified atom stereocenters. The van der Waals surface area contributed by atoms with Gasteiger partial charge in [0.15, 0.2) is 5.76 Å². The third kappa shape index (κ3) is 4.41. The van der Waals surface area contributed by atoms with Crippen molar-refractivity contribution in [2.75, 3.05) is 0 Å². The number of nitrogens with zero attached hydrogens (tertiary/aromatic N) is 2. The molecule has 0 saturated heterocycles. The van der Waals surface area contributed by atoms with E-state index in [9.17, 15) is 4.79 Å². The maximum absolute atomic E-state index is 13.2. The van der Waals surface area contributed by atoms with Crippen molar-refractivity contribution in [3.05, 3.63) is 113 Å². The number of hydrogen-bond donors (Lipinski definition) is 1. The number of nitrogens with one attached hydrogen (secondary N) is 1. The fraction of sp³-hybridized carbons (Fsp3) is 0.111. The van der Waals surface area contributed by atoms with Crippen LogP contribution in [0.15, 0.2) is 95.5 Å². The molecule has 1 atom stereocenters. The lowest BCUT2D eigenvalue weighted by Crippen LogP contribution is -2.31. The molecule has 0 radical (unpaired) electrons. The molecule has 1 amide bonds. The number of halogens is 1. The summed E-state index contributed by atoms with van der Waals surface area (Å²) < 4.78 is 7.80. The van der Waals surface area contributed by atoms with E-state index in [2.05, 4.69) is 10.3 Å². The van der Waals surface area contributed by atoms with Gasteiger partial charge in [0.2, 0.25) is 0 Å². The van der Waals surface area contributed by atoms with Crippen molar-refractivity contribution in [1.29, 1.82) is 0 Å². The first-order valence-corrected chi connectivity index (χ1v) is 11.1. The Labute approximate surface area is 196 Å². The number of hydrogen-bond acceptors (Lipinski definition) is 3. The highest BCUT2D eigenvalue weighted by atomic mass is 35.5. The van der Waals surface area contributed by atoms with Crippen LogP contribution in [0.5, 0.6) is 0 Å². The zero-order chi connectivity index (χ0) is 22.8. The summed E-state index contributed by atoms with van der Waals surface area (Å²) in [5, 5.41) is 4.69. The van der Waals surface area contributed by atoms with Gasteiger partial charge in [-0.2, -0.15) is 0 Å². The molecule has 2 heterocycles. The van der Waals surface area contributed by atoms with E-state index in [1.165, 1.54) is 0 Å². The van der Waals surface area contributed by atoms with E-state index in [1.807, 2.05) is 96.7 Å². The highest BCUT2D eigenvalue weighted by Gasteiger charge is 2.23. The molecule has 2 aromatic heterocycles. The maximum Gasteiger partial charge on any atom is 0.287 e. The van der Waals surface area contributed by atoms with E-state index in [1.54, 1.807) is 6.07 Å². The number of amides is 1. The van der Waals surface area contributed by atoms with E-state index in [-0.39, 0.29) is 17.7 Å². The number of para-hydroxylation sites is 1. The van der Waals surface area contributed by atoms with Gasteiger partial charge in [0.05, 0.1) is 17.9 Å². The summed E-state index contributed by atoms with van der Waals surface area (Å²) in [4.78, 5) is 17.9. The summed E-state index contributed by atoms with van der Waals surface area (Å²) in [6, 6.07) is 26.7. The zero-order valence-electron chi connectivity index (χ0n) is 18.0. The van der Waals surface area contributed by atoms with Crippen LogP contribution in [0.2, 0.25) is 5.02 Å². The predicted octanol–water partition coefficient (Wildman–Crippen LogP) is 6.20. The molecule has 0 fully saturated rings. The quantitative estimate of drug-likeness (QED) is 0.331. The fourth-order valence-corrected chi connectivity index (χ4v) is 4.14. The molecule has 164 valence electrons. The standard InChI is InChI=1S/C27H22ClN3O2/c1-31-23(19-7-3-2-4-8-19)17-29-26(31)22(15-18-11-13-21(28)14-12-18)30-27(32)25-16-20-9-5-6-10-24(20)33-25/h2-14,16-17,22H,15H2,1H3,(H,30,32)/t22-/m0/s1. The minimum Gasteiger partial charge on any atom is -0.451 e. The normalized spacial score (nSPS) is 12.1. The largest absolute Gasteiger partial charge is 0.451 e. The second kappa shape index (κ2) is 8.96. The minimum absolute atomic E-state index is 0.273. The van der Waals surface area contributed by atoms with Gasteiger partial charge in [0, 0.05) is 17.5 Å². The fourth-order valence-electron chi connectivity index (χ4n) is 4.01. The Morgan fingerprint density at radius 2 is 1.76 bits per heavy atom. The molecule has 1 N–H and O–H groups in total. The van der Waals surface area contributed by atoms with Gasteiger partial charge in [0.25, 0.3) is 5.91 Å². The van der Waals surface area contributed by atoms with Crippen molar-refractivity contribution < 1.29 is 9.21 Å². The number of carbonyl (C=O) groups is 1. The van der Waals surface area contributed by atoms with Gasteiger partial charge in [-0.3, -0.25) is 4.79 Å². The van der Waals surface area contributed by atoms with Crippen LogP contribution in [0.3, 0.4) is 0 Å². The maximum atomic E-state index is 13.2. The van der Waals surface area contributed by atoms with Crippen LogP contribution in [-0.2, 0) is 13.5 Å². The Bertz CT molecular complexity index is 1370. The predicted molar refractivity (Wildman–Crippen MR) is 130 cm³/mol. The summed E-state index contributed by atoms with van der Waals surface area (Å²) in [5.74, 6) is 0.748. The van der Waals surface area contributed by atoms with Crippen molar-refractivity contribution >= 4 is 28.5 Å². The third-order valence-corrected chi connectivity index (χ3v) is 5.97. The summed E-state index contributed by atoms with van der Waals surface area (Å²) in [5.41, 5.74) is 3.76. The molecule has 6 heteroatoms. The van der Waals surface area contributed by atoms with Crippen LogP contribution in [0.4, 0.5) is 0 Å². The number of benzene rings is 3. The van der Waals surface area contributed by atoms with Crippen LogP contribution in [0, 0.1) is 0 Å². The van der Waals surface area contributed by atoms with Crippen LogP contribution in [0.1, 0.15) is 28.0 Å². The Hall–Kier alpha value is -3.83. The molecule has 5 aromatic rings. The molecule has 3 aromatic carbocycles. The first kappa shape index (κ1) is 21.0. The van der Waals surface area contributed by atoms with Gasteiger partial charge in [0.1, 0.15) is 11.4 Å². The van der Waals surface area contributed by atoms with Gasteiger partial charge in [-0.15, -0.1) is 0 Å². The van der Waals surface area contributed by atoms with E-state index in [4.69, 9.17) is 16.0 Å². The third-order valence-electron chi connectivity index (χ3n) is 5.71. The molecule has 5 nitrogen and oxygen atoms in total. The van der Waals surface area contributed by atoms with E-state index >= 15 is 0 Å². The van der Waals surface area contributed by atoms with E-state index < -0.39 is 0 Å². The Morgan fingerprint density at radius 3 is 2.52 bits per heavy atom. The Morgan fingerprint density at radius 1 is 1.03 bits per heavy atom. The number of fused-ring (bicyclic) bond motifs is 1. The van der Waals surface area contributed by atoms with Gasteiger partial charge in [-0.25, -0.2) is 4.98 Å². The molecule has 0 aliphatic carbocycles. The van der Waals surface area contributed by atoms with Crippen LogP contribution >= 0.6 is 11.6 Å². The molecule has 0 aliphatic heterocycles. The van der Waals surface area contributed by atoms with Crippen molar-refractivity contribution in [3.63, 3.8) is 0 Å². The number of aromatic nitrogens is 2. The average molecular weight is 456 g/mol. The second-order valence-corrected chi connectivity index (χ2v) is 8.37. The molecule has 0 saturated carbocycles. The SMILES string of the molecule is Cn1c(-c2ccccc2)cnc1[C@H](Cc1ccc(Cl)cc1)NC(=O)c1cc2ccccc2o1. The van der Waals surface area contributed by atoms with E-state index in [0.29, 0.717) is 17.0 Å². The van der Waals surface area contributed by atoms with Gasteiger partial charge < -0.3 is 14.3 Å². The van der Waals surface area contributed by atoms with Crippen LogP contribution in [0.25, 0.3) is 22.2 Å². The molecule has 5 rings (SSSR count). The highest BCUT2D eigenvalue weighted by Crippen LogP contribution is 2.26. The average Bonchev–Trinajstić information content (AvgIpc) is 3.44. The number of carbonyl (C=O) groups excluding carboxylic acids is 1.